The average Bonchev–Trinajstić information content (AvgIpc) is 2.45. The third-order valence-corrected chi connectivity index (χ3v) is 2.99. The summed E-state index contributed by atoms with van der Waals surface area (Å²) < 4.78 is -1.38. The Morgan fingerprint density at radius 2 is 2.07 bits per heavy atom. The first-order valence-electron chi connectivity index (χ1n) is 4.30. The van der Waals surface area contributed by atoms with Gasteiger partial charge in [-0.25, -0.2) is 0 Å². The van der Waals surface area contributed by atoms with Gasteiger partial charge in [-0.3, -0.25) is 14.4 Å². The SMILES string of the molecule is CC(=O)N1CC(S)(C(=O)O)CC1C(N)=O. The van der Waals surface area contributed by atoms with Gasteiger partial charge in [0.25, 0.3) is 0 Å². The molecule has 3 N–H and O–H groups in total. The molecule has 0 saturated carbocycles. The van der Waals surface area contributed by atoms with Crippen molar-refractivity contribution in [3.05, 3.63) is 0 Å². The fourth-order valence-electron chi connectivity index (χ4n) is 1.63. The summed E-state index contributed by atoms with van der Waals surface area (Å²) in [4.78, 5) is 34.2. The first kappa shape index (κ1) is 11.8. The predicted octanol–water partition coefficient (Wildman–Crippen LogP) is -1.15. The van der Waals surface area contributed by atoms with E-state index in [4.69, 9.17) is 10.8 Å². The standard InChI is InChI=1S/C8H12N2O4S/c1-4(11)10-3-8(15,7(13)14)2-5(10)6(9)12/h5,15H,2-3H2,1H3,(H2,9,12)(H,13,14). The summed E-state index contributed by atoms with van der Waals surface area (Å²) in [5.74, 6) is -2.24. The van der Waals surface area contributed by atoms with Crippen molar-refractivity contribution in [2.75, 3.05) is 6.54 Å². The van der Waals surface area contributed by atoms with E-state index in [1.54, 1.807) is 0 Å². The third kappa shape index (κ3) is 2.06. The minimum Gasteiger partial charge on any atom is -0.480 e. The Hall–Kier alpha value is -1.24. The van der Waals surface area contributed by atoms with Gasteiger partial charge in [0.1, 0.15) is 10.8 Å². The van der Waals surface area contributed by atoms with Crippen LogP contribution in [0.15, 0.2) is 0 Å². The van der Waals surface area contributed by atoms with Gasteiger partial charge in [-0.05, 0) is 0 Å². The summed E-state index contributed by atoms with van der Waals surface area (Å²) in [6.07, 6.45) is -0.0552. The maximum atomic E-state index is 11.2. The van der Waals surface area contributed by atoms with Crippen LogP contribution in [0.4, 0.5) is 0 Å². The molecule has 1 aliphatic heterocycles. The first-order valence-corrected chi connectivity index (χ1v) is 4.75. The van der Waals surface area contributed by atoms with Crippen LogP contribution in [0.3, 0.4) is 0 Å². The minimum atomic E-state index is -1.38. The maximum Gasteiger partial charge on any atom is 0.321 e. The van der Waals surface area contributed by atoms with Crippen LogP contribution < -0.4 is 5.73 Å². The van der Waals surface area contributed by atoms with Crippen LogP contribution >= 0.6 is 12.6 Å². The Labute approximate surface area is 91.8 Å². The molecule has 15 heavy (non-hydrogen) atoms. The van der Waals surface area contributed by atoms with Gasteiger partial charge in [-0.1, -0.05) is 0 Å². The van der Waals surface area contributed by atoms with E-state index in [0.29, 0.717) is 0 Å². The van der Waals surface area contributed by atoms with Crippen molar-refractivity contribution >= 4 is 30.4 Å². The van der Waals surface area contributed by atoms with Crippen LogP contribution in [-0.2, 0) is 14.4 Å². The minimum absolute atomic E-state index is 0.0552. The lowest BCUT2D eigenvalue weighted by Gasteiger charge is -2.20. The molecule has 1 saturated heterocycles. The number of thiol groups is 1. The van der Waals surface area contributed by atoms with Gasteiger partial charge in [-0.2, -0.15) is 12.6 Å². The topological polar surface area (TPSA) is 101 Å². The Morgan fingerprint density at radius 3 is 2.33 bits per heavy atom. The van der Waals surface area contributed by atoms with E-state index in [-0.39, 0.29) is 18.9 Å². The zero-order chi connectivity index (χ0) is 11.8. The highest BCUT2D eigenvalue weighted by Gasteiger charge is 2.50. The molecule has 2 amide bonds. The summed E-state index contributed by atoms with van der Waals surface area (Å²) >= 11 is 3.98. The van der Waals surface area contributed by atoms with Gasteiger partial charge in [0.15, 0.2) is 0 Å². The molecule has 84 valence electrons. The number of carbonyl (C=O) groups excluding carboxylic acids is 2. The third-order valence-electron chi connectivity index (χ3n) is 2.47. The van der Waals surface area contributed by atoms with Gasteiger partial charge < -0.3 is 15.7 Å². The maximum absolute atomic E-state index is 11.2. The first-order chi connectivity index (χ1) is 6.78. The number of amides is 2. The predicted molar refractivity (Wildman–Crippen MR) is 54.3 cm³/mol. The average molecular weight is 232 g/mol. The lowest BCUT2D eigenvalue weighted by atomic mass is 10.0. The highest BCUT2D eigenvalue weighted by atomic mass is 32.1. The molecule has 0 radical (unpaired) electrons. The van der Waals surface area contributed by atoms with Crippen LogP contribution in [0.2, 0.25) is 0 Å². The number of carboxylic acid groups (broad SMARTS) is 1. The fourth-order valence-corrected chi connectivity index (χ4v) is 1.95. The van der Waals surface area contributed by atoms with E-state index in [0.717, 1.165) is 4.90 Å². The number of likely N-dealkylation sites (tertiary alicyclic amines) is 1. The van der Waals surface area contributed by atoms with E-state index in [1.807, 2.05) is 0 Å². The normalized spacial score (nSPS) is 30.3. The van der Waals surface area contributed by atoms with E-state index < -0.39 is 22.7 Å². The summed E-state index contributed by atoms with van der Waals surface area (Å²) in [6, 6.07) is -0.879. The Morgan fingerprint density at radius 1 is 1.53 bits per heavy atom. The molecule has 0 aromatic heterocycles. The zero-order valence-electron chi connectivity index (χ0n) is 8.14. The number of hydrogen-bond donors (Lipinski definition) is 3. The molecule has 1 aliphatic rings. The highest BCUT2D eigenvalue weighted by molar-refractivity contribution is 7.82. The molecule has 1 fully saturated rings. The molecule has 2 unspecified atom stereocenters. The van der Waals surface area contributed by atoms with Gasteiger partial charge in [0.05, 0.1) is 0 Å². The second-order valence-corrected chi connectivity index (χ2v) is 4.46. The zero-order valence-corrected chi connectivity index (χ0v) is 9.03. The Bertz CT molecular complexity index is 309. The molecular formula is C8H12N2O4S. The Kier molecular flexibility index (Phi) is 2.94. The number of primary amides is 1. The number of rotatable bonds is 2. The molecule has 0 bridgehead atoms. The molecule has 1 rings (SSSR count). The number of nitrogens with two attached hydrogens (primary N) is 1. The summed E-state index contributed by atoms with van der Waals surface area (Å²) in [5, 5.41) is 8.91. The Balaban J connectivity index is 2.97. The highest BCUT2D eigenvalue weighted by Crippen LogP contribution is 2.32. The second kappa shape index (κ2) is 3.73. The molecule has 0 spiro atoms. The molecule has 0 aliphatic carbocycles. The van der Waals surface area contributed by atoms with E-state index in [2.05, 4.69) is 12.6 Å². The molecule has 7 heteroatoms. The number of nitrogens with zero attached hydrogens (tertiary/aromatic N) is 1. The summed E-state index contributed by atoms with van der Waals surface area (Å²) in [5.41, 5.74) is 5.09. The lowest BCUT2D eigenvalue weighted by Crippen LogP contribution is -2.43. The number of aliphatic carboxylic acids is 1. The summed E-state index contributed by atoms with van der Waals surface area (Å²) in [7, 11) is 0. The number of carboxylic acids is 1. The molecular weight excluding hydrogens is 220 g/mol. The molecule has 1 heterocycles. The monoisotopic (exact) mass is 232 g/mol. The van der Waals surface area contributed by atoms with Gasteiger partial charge in [0.2, 0.25) is 11.8 Å². The van der Waals surface area contributed by atoms with Gasteiger partial charge in [0, 0.05) is 19.9 Å². The lowest BCUT2D eigenvalue weighted by molar-refractivity contribution is -0.139. The van der Waals surface area contributed by atoms with E-state index >= 15 is 0 Å². The van der Waals surface area contributed by atoms with Gasteiger partial charge in [-0.15, -0.1) is 0 Å². The van der Waals surface area contributed by atoms with Crippen molar-refractivity contribution in [1.29, 1.82) is 0 Å². The largest absolute Gasteiger partial charge is 0.480 e. The van der Waals surface area contributed by atoms with Crippen molar-refractivity contribution in [3.8, 4) is 0 Å². The molecule has 6 nitrogen and oxygen atoms in total. The van der Waals surface area contributed by atoms with Crippen LogP contribution in [0, 0.1) is 0 Å². The molecule has 0 aromatic rings. The molecule has 0 aromatic carbocycles. The summed E-state index contributed by atoms with van der Waals surface area (Å²) in [6.45, 7) is 1.16. The van der Waals surface area contributed by atoms with Crippen molar-refractivity contribution in [2.24, 2.45) is 5.73 Å². The van der Waals surface area contributed by atoms with Crippen molar-refractivity contribution < 1.29 is 19.5 Å². The van der Waals surface area contributed by atoms with Crippen LogP contribution in [0.25, 0.3) is 0 Å². The number of carbonyl (C=O) groups is 3. The van der Waals surface area contributed by atoms with E-state index in [9.17, 15) is 14.4 Å². The van der Waals surface area contributed by atoms with Crippen LogP contribution in [0.5, 0.6) is 0 Å². The number of hydrogen-bond acceptors (Lipinski definition) is 4. The smallest absolute Gasteiger partial charge is 0.321 e. The van der Waals surface area contributed by atoms with Gasteiger partial charge >= 0.3 is 5.97 Å². The molecule has 2 atom stereocenters. The van der Waals surface area contributed by atoms with Crippen molar-refractivity contribution in [1.82, 2.24) is 4.90 Å². The van der Waals surface area contributed by atoms with Crippen molar-refractivity contribution in [2.45, 2.75) is 24.1 Å². The second-order valence-electron chi connectivity index (χ2n) is 3.61. The fraction of sp³-hybridized carbons (Fsp3) is 0.625. The van der Waals surface area contributed by atoms with E-state index in [1.165, 1.54) is 6.92 Å². The van der Waals surface area contributed by atoms with Crippen LogP contribution in [-0.4, -0.2) is 45.1 Å². The van der Waals surface area contributed by atoms with Crippen LogP contribution in [0.1, 0.15) is 13.3 Å². The van der Waals surface area contributed by atoms with Crippen molar-refractivity contribution in [3.63, 3.8) is 0 Å². The quantitative estimate of drug-likeness (QED) is 0.523.